The minimum atomic E-state index is 0.238. The largest absolute Gasteiger partial charge is 0.369 e. The molecular weight excluding hydrogens is 268 g/mol. The summed E-state index contributed by atoms with van der Waals surface area (Å²) >= 11 is 0. The standard InChI is InChI=1S/C20H26N2/c1-14-4-7-17(8-5-14)18-11-19(21)13-22(12-18)20-9-6-15(2)16(3)10-20/h4-10,18-19H,11-13,21H2,1-3H3. The fourth-order valence-electron chi connectivity index (χ4n) is 3.35. The van der Waals surface area contributed by atoms with Crippen LogP contribution >= 0.6 is 0 Å². The van der Waals surface area contributed by atoms with Gasteiger partial charge in [-0.05, 0) is 56.0 Å². The van der Waals surface area contributed by atoms with Crippen molar-refractivity contribution in [2.45, 2.75) is 39.2 Å². The molecule has 2 nitrogen and oxygen atoms in total. The monoisotopic (exact) mass is 294 g/mol. The third-order valence-corrected chi connectivity index (χ3v) is 4.89. The van der Waals surface area contributed by atoms with Crippen LogP contribution in [0.25, 0.3) is 0 Å². The molecule has 0 spiro atoms. The van der Waals surface area contributed by atoms with Gasteiger partial charge in [-0.15, -0.1) is 0 Å². The maximum Gasteiger partial charge on any atom is 0.0369 e. The van der Waals surface area contributed by atoms with Crippen molar-refractivity contribution in [1.29, 1.82) is 0 Å². The predicted octanol–water partition coefficient (Wildman–Crippen LogP) is 3.93. The van der Waals surface area contributed by atoms with Gasteiger partial charge in [-0.3, -0.25) is 0 Å². The Morgan fingerprint density at radius 2 is 1.64 bits per heavy atom. The van der Waals surface area contributed by atoms with E-state index in [9.17, 15) is 0 Å². The van der Waals surface area contributed by atoms with Crippen LogP contribution in [0.5, 0.6) is 0 Å². The lowest BCUT2D eigenvalue weighted by atomic mass is 9.87. The molecule has 2 unspecified atom stereocenters. The van der Waals surface area contributed by atoms with E-state index in [4.69, 9.17) is 5.73 Å². The highest BCUT2D eigenvalue weighted by Crippen LogP contribution is 2.30. The van der Waals surface area contributed by atoms with Gasteiger partial charge in [0.05, 0.1) is 0 Å². The van der Waals surface area contributed by atoms with Gasteiger partial charge in [0.1, 0.15) is 0 Å². The molecule has 0 saturated carbocycles. The summed E-state index contributed by atoms with van der Waals surface area (Å²) in [6.07, 6.45) is 1.07. The van der Waals surface area contributed by atoms with Crippen molar-refractivity contribution in [2.75, 3.05) is 18.0 Å². The first kappa shape index (κ1) is 15.1. The lowest BCUT2D eigenvalue weighted by Crippen LogP contribution is -2.46. The minimum absolute atomic E-state index is 0.238. The summed E-state index contributed by atoms with van der Waals surface area (Å²) in [5, 5.41) is 0. The molecule has 0 radical (unpaired) electrons. The second-order valence-electron chi connectivity index (χ2n) is 6.78. The number of piperidine rings is 1. The van der Waals surface area contributed by atoms with E-state index in [0.29, 0.717) is 5.92 Å². The third kappa shape index (κ3) is 3.17. The first-order chi connectivity index (χ1) is 10.5. The van der Waals surface area contributed by atoms with Crippen molar-refractivity contribution in [3.63, 3.8) is 0 Å². The van der Waals surface area contributed by atoms with Crippen molar-refractivity contribution < 1.29 is 0 Å². The van der Waals surface area contributed by atoms with E-state index in [0.717, 1.165) is 19.5 Å². The van der Waals surface area contributed by atoms with Gasteiger partial charge >= 0.3 is 0 Å². The lowest BCUT2D eigenvalue weighted by molar-refractivity contribution is 0.454. The predicted molar refractivity (Wildman–Crippen MR) is 94.6 cm³/mol. The molecule has 2 N–H and O–H groups in total. The summed E-state index contributed by atoms with van der Waals surface area (Å²) in [6, 6.07) is 15.9. The molecule has 3 rings (SSSR count). The number of nitrogens with two attached hydrogens (primary N) is 1. The van der Waals surface area contributed by atoms with Crippen molar-refractivity contribution >= 4 is 5.69 Å². The molecule has 22 heavy (non-hydrogen) atoms. The van der Waals surface area contributed by atoms with Gasteiger partial charge in [-0.1, -0.05) is 35.9 Å². The SMILES string of the molecule is Cc1ccc(C2CC(N)CN(c3ccc(C)c(C)c3)C2)cc1. The summed E-state index contributed by atoms with van der Waals surface area (Å²) in [6.45, 7) is 8.48. The van der Waals surface area contributed by atoms with E-state index in [-0.39, 0.29) is 6.04 Å². The van der Waals surface area contributed by atoms with E-state index < -0.39 is 0 Å². The van der Waals surface area contributed by atoms with Gasteiger partial charge in [0.2, 0.25) is 0 Å². The number of hydrogen-bond donors (Lipinski definition) is 1. The minimum Gasteiger partial charge on any atom is -0.369 e. The van der Waals surface area contributed by atoms with Crippen LogP contribution in [-0.2, 0) is 0 Å². The zero-order valence-corrected chi connectivity index (χ0v) is 13.8. The van der Waals surface area contributed by atoms with Crippen LogP contribution in [0.3, 0.4) is 0 Å². The van der Waals surface area contributed by atoms with Gasteiger partial charge < -0.3 is 10.6 Å². The number of benzene rings is 2. The molecule has 1 aliphatic rings. The third-order valence-electron chi connectivity index (χ3n) is 4.89. The van der Waals surface area contributed by atoms with Gasteiger partial charge in [0, 0.05) is 30.7 Å². The molecule has 0 amide bonds. The average molecular weight is 294 g/mol. The molecule has 1 aliphatic heterocycles. The quantitative estimate of drug-likeness (QED) is 0.909. The Morgan fingerprint density at radius 1 is 0.909 bits per heavy atom. The average Bonchev–Trinajstić information content (AvgIpc) is 2.50. The Labute approximate surface area is 134 Å². The van der Waals surface area contributed by atoms with Crippen molar-refractivity contribution in [3.8, 4) is 0 Å². The molecule has 0 aromatic heterocycles. The zero-order chi connectivity index (χ0) is 15.7. The van der Waals surface area contributed by atoms with Crippen LogP contribution in [0.15, 0.2) is 42.5 Å². The van der Waals surface area contributed by atoms with Gasteiger partial charge in [-0.25, -0.2) is 0 Å². The van der Waals surface area contributed by atoms with E-state index in [1.54, 1.807) is 0 Å². The Bertz CT molecular complexity index is 645. The highest BCUT2D eigenvalue weighted by Gasteiger charge is 2.26. The molecule has 1 fully saturated rings. The van der Waals surface area contributed by atoms with Gasteiger partial charge in [0.15, 0.2) is 0 Å². The fraction of sp³-hybridized carbons (Fsp3) is 0.400. The molecule has 2 aromatic carbocycles. The van der Waals surface area contributed by atoms with Gasteiger partial charge in [0.25, 0.3) is 0 Å². The second kappa shape index (κ2) is 6.13. The molecule has 2 heteroatoms. The van der Waals surface area contributed by atoms with Crippen LogP contribution in [-0.4, -0.2) is 19.1 Å². The highest BCUT2D eigenvalue weighted by molar-refractivity contribution is 5.52. The van der Waals surface area contributed by atoms with Crippen molar-refractivity contribution in [1.82, 2.24) is 0 Å². The first-order valence-corrected chi connectivity index (χ1v) is 8.17. The molecule has 116 valence electrons. The number of anilines is 1. The molecule has 0 bridgehead atoms. The van der Waals surface area contributed by atoms with Crippen molar-refractivity contribution in [2.24, 2.45) is 5.73 Å². The van der Waals surface area contributed by atoms with Crippen LogP contribution in [0.2, 0.25) is 0 Å². The Kier molecular flexibility index (Phi) is 4.21. The smallest absolute Gasteiger partial charge is 0.0369 e. The van der Waals surface area contributed by atoms with E-state index in [1.165, 1.54) is 27.9 Å². The lowest BCUT2D eigenvalue weighted by Gasteiger charge is -2.38. The molecular formula is C20H26N2. The number of nitrogens with zero attached hydrogens (tertiary/aromatic N) is 1. The fourth-order valence-corrected chi connectivity index (χ4v) is 3.35. The second-order valence-corrected chi connectivity index (χ2v) is 6.78. The topological polar surface area (TPSA) is 29.3 Å². The molecule has 1 heterocycles. The van der Waals surface area contributed by atoms with Crippen LogP contribution in [0.1, 0.15) is 34.6 Å². The van der Waals surface area contributed by atoms with Crippen LogP contribution in [0.4, 0.5) is 5.69 Å². The maximum absolute atomic E-state index is 6.35. The normalized spacial score (nSPS) is 21.9. The molecule has 0 aliphatic carbocycles. The summed E-state index contributed by atoms with van der Waals surface area (Å²) in [5.41, 5.74) is 13.1. The maximum atomic E-state index is 6.35. The summed E-state index contributed by atoms with van der Waals surface area (Å²) in [7, 11) is 0. The molecule has 2 atom stereocenters. The Morgan fingerprint density at radius 3 is 2.32 bits per heavy atom. The number of aryl methyl sites for hydroxylation is 3. The summed E-state index contributed by atoms with van der Waals surface area (Å²) in [5.74, 6) is 0.519. The Balaban J connectivity index is 1.84. The number of hydrogen-bond acceptors (Lipinski definition) is 2. The summed E-state index contributed by atoms with van der Waals surface area (Å²) in [4.78, 5) is 2.45. The van der Waals surface area contributed by atoms with Crippen LogP contribution < -0.4 is 10.6 Å². The molecule has 2 aromatic rings. The zero-order valence-electron chi connectivity index (χ0n) is 13.8. The van der Waals surface area contributed by atoms with Crippen molar-refractivity contribution in [3.05, 3.63) is 64.7 Å². The number of rotatable bonds is 2. The Hall–Kier alpha value is -1.80. The molecule has 1 saturated heterocycles. The summed E-state index contributed by atoms with van der Waals surface area (Å²) < 4.78 is 0. The first-order valence-electron chi connectivity index (χ1n) is 8.17. The van der Waals surface area contributed by atoms with Gasteiger partial charge in [-0.2, -0.15) is 0 Å². The highest BCUT2D eigenvalue weighted by atomic mass is 15.2. The van der Waals surface area contributed by atoms with Crippen LogP contribution in [0, 0.1) is 20.8 Å². The van der Waals surface area contributed by atoms with E-state index in [2.05, 4.69) is 68.1 Å². The van der Waals surface area contributed by atoms with E-state index >= 15 is 0 Å². The van der Waals surface area contributed by atoms with E-state index in [1.807, 2.05) is 0 Å².